The number of carbonyl (C=O) groups is 1. The topological polar surface area (TPSA) is 99.7 Å². The number of aliphatic carboxylic acids is 1. The second-order valence-corrected chi connectivity index (χ2v) is 6.40. The SMILES string of the molecule is CCCCCCCCNN.CCCCCCCCNN=C(C)C(=O)O.Cl. The highest BCUT2D eigenvalue weighted by Gasteiger charge is 1.99. The number of nitrogens with one attached hydrogen (secondary N) is 2. The fourth-order valence-electron chi connectivity index (χ4n) is 2.21. The number of carboxylic acids is 1. The van der Waals surface area contributed by atoms with Crippen molar-refractivity contribution >= 4 is 24.1 Å². The van der Waals surface area contributed by atoms with Crippen LogP contribution in [0.1, 0.15) is 97.8 Å². The van der Waals surface area contributed by atoms with Crippen molar-refractivity contribution in [3.05, 3.63) is 0 Å². The van der Waals surface area contributed by atoms with E-state index >= 15 is 0 Å². The van der Waals surface area contributed by atoms with Crippen molar-refractivity contribution < 1.29 is 9.90 Å². The van der Waals surface area contributed by atoms with Crippen LogP contribution in [-0.2, 0) is 4.79 Å². The van der Waals surface area contributed by atoms with Crippen LogP contribution in [0.15, 0.2) is 5.10 Å². The van der Waals surface area contributed by atoms with E-state index in [4.69, 9.17) is 10.9 Å². The van der Waals surface area contributed by atoms with E-state index in [0.717, 1.165) is 19.5 Å². The number of nitrogens with zero attached hydrogens (tertiary/aromatic N) is 1. The Morgan fingerprint density at radius 2 is 1.27 bits per heavy atom. The summed E-state index contributed by atoms with van der Waals surface area (Å²) in [5.74, 6) is 4.15. The Bertz CT molecular complexity index is 308. The van der Waals surface area contributed by atoms with Gasteiger partial charge in [0, 0.05) is 13.1 Å². The molecule has 0 aromatic heterocycles. The summed E-state index contributed by atoms with van der Waals surface area (Å²) in [4.78, 5) is 10.4. The summed E-state index contributed by atoms with van der Waals surface area (Å²) in [6.45, 7) is 7.64. The third kappa shape index (κ3) is 28.0. The molecule has 0 aromatic carbocycles. The molecule has 0 atom stereocenters. The molecule has 0 fully saturated rings. The lowest BCUT2D eigenvalue weighted by molar-refractivity contribution is -0.129. The first-order valence-corrected chi connectivity index (χ1v) is 10.0. The van der Waals surface area contributed by atoms with Crippen LogP contribution >= 0.6 is 12.4 Å². The number of halogens is 1. The summed E-state index contributed by atoms with van der Waals surface area (Å²) in [5, 5.41) is 12.2. The van der Waals surface area contributed by atoms with Gasteiger partial charge in [-0.1, -0.05) is 78.1 Å². The molecule has 0 aliphatic heterocycles. The van der Waals surface area contributed by atoms with E-state index in [-0.39, 0.29) is 18.1 Å². The minimum Gasteiger partial charge on any atom is -0.477 e. The molecule has 0 aliphatic rings. The summed E-state index contributed by atoms with van der Waals surface area (Å²) < 4.78 is 0. The zero-order chi connectivity index (χ0) is 19.2. The maximum atomic E-state index is 10.4. The summed E-state index contributed by atoms with van der Waals surface area (Å²) in [5.41, 5.74) is 5.54. The van der Waals surface area contributed by atoms with Crippen LogP contribution in [0.25, 0.3) is 0 Å². The predicted octanol–water partition coefficient (Wildman–Crippen LogP) is 4.63. The Hall–Kier alpha value is -0.850. The number of hydrazone groups is 1. The lowest BCUT2D eigenvalue weighted by Gasteiger charge is -2.01. The van der Waals surface area contributed by atoms with Gasteiger partial charge in [0.15, 0.2) is 0 Å². The zero-order valence-corrected chi connectivity index (χ0v) is 18.0. The number of unbranched alkanes of at least 4 members (excludes halogenated alkanes) is 10. The van der Waals surface area contributed by atoms with Crippen LogP contribution in [0.2, 0.25) is 0 Å². The molecular formula is C19H43ClN4O2. The lowest BCUT2D eigenvalue weighted by atomic mass is 10.1. The predicted molar refractivity (Wildman–Crippen MR) is 115 cm³/mol. The molecule has 158 valence electrons. The van der Waals surface area contributed by atoms with Gasteiger partial charge in [-0.15, -0.1) is 12.4 Å². The Balaban J connectivity index is -0.000000422. The van der Waals surface area contributed by atoms with Crippen molar-refractivity contribution in [2.75, 3.05) is 13.1 Å². The molecule has 0 saturated heterocycles. The lowest BCUT2D eigenvalue weighted by Crippen LogP contribution is -2.22. The number of hydrogen-bond acceptors (Lipinski definition) is 5. The first-order chi connectivity index (χ1) is 12.1. The molecule has 0 bridgehead atoms. The van der Waals surface area contributed by atoms with Gasteiger partial charge in [0.25, 0.3) is 0 Å². The van der Waals surface area contributed by atoms with Crippen molar-refractivity contribution in [2.24, 2.45) is 10.9 Å². The molecule has 0 radical (unpaired) electrons. The molecule has 6 nitrogen and oxygen atoms in total. The highest BCUT2D eigenvalue weighted by Crippen LogP contribution is 2.04. The van der Waals surface area contributed by atoms with Gasteiger partial charge in [0.2, 0.25) is 0 Å². The van der Waals surface area contributed by atoms with Crippen molar-refractivity contribution in [1.82, 2.24) is 10.9 Å². The number of rotatable bonds is 16. The average molecular weight is 395 g/mol. The number of nitrogens with two attached hydrogens (primary N) is 1. The monoisotopic (exact) mass is 394 g/mol. The van der Waals surface area contributed by atoms with Crippen LogP contribution in [0.3, 0.4) is 0 Å². The van der Waals surface area contributed by atoms with Crippen LogP contribution < -0.4 is 16.7 Å². The third-order valence-corrected chi connectivity index (χ3v) is 3.87. The molecule has 0 unspecified atom stereocenters. The van der Waals surface area contributed by atoms with E-state index in [2.05, 4.69) is 29.8 Å². The van der Waals surface area contributed by atoms with Gasteiger partial charge in [-0.05, 0) is 19.8 Å². The van der Waals surface area contributed by atoms with Crippen LogP contribution in [0.4, 0.5) is 0 Å². The second-order valence-electron chi connectivity index (χ2n) is 6.40. The maximum absolute atomic E-state index is 10.4. The molecule has 0 amide bonds. The van der Waals surface area contributed by atoms with E-state index in [1.54, 1.807) is 0 Å². The van der Waals surface area contributed by atoms with Crippen molar-refractivity contribution in [3.8, 4) is 0 Å². The maximum Gasteiger partial charge on any atom is 0.351 e. The van der Waals surface area contributed by atoms with E-state index in [0.29, 0.717) is 0 Å². The summed E-state index contributed by atoms with van der Waals surface area (Å²) in [7, 11) is 0. The minimum atomic E-state index is -0.967. The van der Waals surface area contributed by atoms with Crippen molar-refractivity contribution in [1.29, 1.82) is 0 Å². The standard InChI is InChI=1S/C11H22N2O2.C8H20N2.ClH/c1-3-4-5-6-7-8-9-12-13-10(2)11(14)15;1-2-3-4-5-6-7-8-10-9;/h12H,3-9H2,1-2H3,(H,14,15);10H,2-9H2,1H3;1H. The Morgan fingerprint density at radius 1 is 0.846 bits per heavy atom. The second kappa shape index (κ2) is 26.4. The highest BCUT2D eigenvalue weighted by molar-refractivity contribution is 6.34. The van der Waals surface area contributed by atoms with Gasteiger partial charge >= 0.3 is 5.97 Å². The smallest absolute Gasteiger partial charge is 0.351 e. The number of hydrazine groups is 1. The molecule has 0 heterocycles. The van der Waals surface area contributed by atoms with Gasteiger partial charge < -0.3 is 10.5 Å². The van der Waals surface area contributed by atoms with E-state index in [9.17, 15) is 4.79 Å². The van der Waals surface area contributed by atoms with Gasteiger partial charge in [-0.3, -0.25) is 11.3 Å². The molecule has 0 rings (SSSR count). The summed E-state index contributed by atoms with van der Waals surface area (Å²) in [6.07, 6.45) is 15.4. The zero-order valence-electron chi connectivity index (χ0n) is 17.2. The first kappa shape index (κ1) is 29.9. The normalized spacial score (nSPS) is 10.5. The molecule has 0 aromatic rings. The van der Waals surface area contributed by atoms with E-state index < -0.39 is 5.97 Å². The molecule has 7 heteroatoms. The third-order valence-electron chi connectivity index (χ3n) is 3.87. The van der Waals surface area contributed by atoms with Crippen LogP contribution in [0.5, 0.6) is 0 Å². The van der Waals surface area contributed by atoms with Gasteiger partial charge in [0.1, 0.15) is 5.71 Å². The Labute approximate surface area is 167 Å². The Morgan fingerprint density at radius 3 is 1.69 bits per heavy atom. The summed E-state index contributed by atoms with van der Waals surface area (Å²) >= 11 is 0. The molecular weight excluding hydrogens is 352 g/mol. The molecule has 5 N–H and O–H groups in total. The van der Waals surface area contributed by atoms with Gasteiger partial charge in [0.05, 0.1) is 0 Å². The average Bonchev–Trinajstić information content (AvgIpc) is 2.60. The molecule has 26 heavy (non-hydrogen) atoms. The molecule has 0 spiro atoms. The Kier molecular flexibility index (Phi) is 30.3. The molecule has 0 saturated carbocycles. The van der Waals surface area contributed by atoms with E-state index in [1.807, 2.05) is 0 Å². The molecule has 0 aliphatic carbocycles. The van der Waals surface area contributed by atoms with Crippen molar-refractivity contribution in [2.45, 2.75) is 97.8 Å². The van der Waals surface area contributed by atoms with Gasteiger partial charge in [-0.2, -0.15) is 5.10 Å². The highest BCUT2D eigenvalue weighted by atomic mass is 35.5. The quantitative estimate of drug-likeness (QED) is 0.132. The fourth-order valence-corrected chi connectivity index (χ4v) is 2.21. The fraction of sp³-hybridized carbons (Fsp3) is 0.895. The largest absolute Gasteiger partial charge is 0.477 e. The minimum absolute atomic E-state index is 0. The first-order valence-electron chi connectivity index (χ1n) is 10.0. The number of carboxylic acid groups (broad SMARTS) is 1. The van der Waals surface area contributed by atoms with Crippen LogP contribution in [-0.4, -0.2) is 29.9 Å². The number of hydrogen-bond donors (Lipinski definition) is 4. The van der Waals surface area contributed by atoms with Crippen LogP contribution in [0, 0.1) is 0 Å². The van der Waals surface area contributed by atoms with E-state index in [1.165, 1.54) is 77.6 Å². The van der Waals surface area contributed by atoms with Gasteiger partial charge in [-0.25, -0.2) is 4.79 Å². The van der Waals surface area contributed by atoms with Crippen molar-refractivity contribution in [3.63, 3.8) is 0 Å². The summed E-state index contributed by atoms with van der Waals surface area (Å²) in [6, 6.07) is 0.